The Labute approximate surface area is 165 Å². The lowest BCUT2D eigenvalue weighted by Crippen LogP contribution is -2.24. The molecule has 0 atom stereocenters. The van der Waals surface area contributed by atoms with Crippen LogP contribution < -0.4 is 5.56 Å². The second-order valence-electron chi connectivity index (χ2n) is 6.12. The summed E-state index contributed by atoms with van der Waals surface area (Å²) < 4.78 is 3.44. The van der Waals surface area contributed by atoms with Crippen LogP contribution in [0.15, 0.2) is 59.7 Å². The molecule has 0 N–H and O–H groups in total. The third-order valence-electron chi connectivity index (χ3n) is 4.44. The third-order valence-corrected chi connectivity index (χ3v) is 5.06. The van der Waals surface area contributed by atoms with Crippen LogP contribution >= 0.6 is 23.2 Å². The Morgan fingerprint density at radius 1 is 1.04 bits per heavy atom. The van der Waals surface area contributed by atoms with E-state index < -0.39 is 0 Å². The smallest absolute Gasteiger partial charge is 0.286 e. The van der Waals surface area contributed by atoms with E-state index in [1.165, 1.54) is 0 Å². The summed E-state index contributed by atoms with van der Waals surface area (Å²) in [6.45, 7) is 2.67. The SMILES string of the molecule is CCn1cnc2c(=O)n(-c3ccc(Cl)cc3)c(Cc3ccccc3Cl)nc21. The van der Waals surface area contributed by atoms with E-state index in [2.05, 4.69) is 4.98 Å². The van der Waals surface area contributed by atoms with E-state index >= 15 is 0 Å². The van der Waals surface area contributed by atoms with E-state index in [0.717, 1.165) is 5.56 Å². The zero-order valence-corrected chi connectivity index (χ0v) is 16.1. The summed E-state index contributed by atoms with van der Waals surface area (Å²) in [5, 5.41) is 1.24. The van der Waals surface area contributed by atoms with E-state index in [0.29, 0.717) is 45.7 Å². The molecule has 27 heavy (non-hydrogen) atoms. The summed E-state index contributed by atoms with van der Waals surface area (Å²) in [6.07, 6.45) is 2.06. The number of aryl methyl sites for hydroxylation is 1. The van der Waals surface area contributed by atoms with Crippen LogP contribution in [-0.4, -0.2) is 19.1 Å². The normalized spacial score (nSPS) is 11.2. The molecule has 5 nitrogen and oxygen atoms in total. The predicted octanol–water partition coefficient (Wildman–Crippen LogP) is 4.50. The molecule has 0 bridgehead atoms. The first-order valence-corrected chi connectivity index (χ1v) is 9.30. The summed E-state index contributed by atoms with van der Waals surface area (Å²) in [5.41, 5.74) is 2.30. The molecule has 0 radical (unpaired) electrons. The minimum atomic E-state index is -0.212. The lowest BCUT2D eigenvalue weighted by atomic mass is 10.1. The van der Waals surface area contributed by atoms with E-state index in [1.54, 1.807) is 35.2 Å². The third kappa shape index (κ3) is 3.24. The summed E-state index contributed by atoms with van der Waals surface area (Å²) in [4.78, 5) is 22.3. The van der Waals surface area contributed by atoms with Crippen molar-refractivity contribution in [3.8, 4) is 5.69 Å². The molecule has 4 aromatic rings. The number of rotatable bonds is 4. The maximum absolute atomic E-state index is 13.2. The van der Waals surface area contributed by atoms with Crippen molar-refractivity contribution in [1.29, 1.82) is 0 Å². The minimum Gasteiger partial charge on any atom is -0.315 e. The fourth-order valence-corrected chi connectivity index (χ4v) is 3.39. The predicted molar refractivity (Wildman–Crippen MR) is 108 cm³/mol. The Morgan fingerprint density at radius 2 is 1.78 bits per heavy atom. The molecule has 0 saturated heterocycles. The Hall–Kier alpha value is -2.63. The van der Waals surface area contributed by atoms with Crippen LogP contribution in [-0.2, 0) is 13.0 Å². The largest absolute Gasteiger partial charge is 0.315 e. The molecular weight excluding hydrogens is 383 g/mol. The lowest BCUT2D eigenvalue weighted by Gasteiger charge is -2.14. The van der Waals surface area contributed by atoms with Gasteiger partial charge in [-0.15, -0.1) is 0 Å². The summed E-state index contributed by atoms with van der Waals surface area (Å²) >= 11 is 12.3. The van der Waals surface area contributed by atoms with Crippen molar-refractivity contribution in [2.45, 2.75) is 19.9 Å². The summed E-state index contributed by atoms with van der Waals surface area (Å²) in [6, 6.07) is 14.6. The number of hydrogen-bond acceptors (Lipinski definition) is 3. The molecule has 7 heteroatoms. The van der Waals surface area contributed by atoms with Gasteiger partial charge in [0, 0.05) is 23.0 Å². The van der Waals surface area contributed by atoms with Crippen molar-refractivity contribution in [1.82, 2.24) is 19.1 Å². The van der Waals surface area contributed by atoms with Crippen LogP contribution in [0.4, 0.5) is 0 Å². The average Bonchev–Trinajstić information content (AvgIpc) is 3.08. The van der Waals surface area contributed by atoms with E-state index in [4.69, 9.17) is 28.2 Å². The Kier molecular flexibility index (Phi) is 4.72. The zero-order chi connectivity index (χ0) is 19.0. The quantitative estimate of drug-likeness (QED) is 0.508. The monoisotopic (exact) mass is 398 g/mol. The molecule has 2 aromatic heterocycles. The van der Waals surface area contributed by atoms with E-state index in [9.17, 15) is 4.79 Å². The molecule has 4 rings (SSSR count). The fourth-order valence-electron chi connectivity index (χ4n) is 3.06. The number of halogens is 2. The van der Waals surface area contributed by atoms with Gasteiger partial charge in [-0.05, 0) is 42.8 Å². The maximum atomic E-state index is 13.2. The first-order valence-electron chi connectivity index (χ1n) is 8.54. The number of imidazole rings is 1. The van der Waals surface area contributed by atoms with Crippen LogP contribution in [0.5, 0.6) is 0 Å². The molecule has 0 aliphatic rings. The Balaban J connectivity index is 1.98. The van der Waals surface area contributed by atoms with Crippen LogP contribution in [0.1, 0.15) is 18.3 Å². The van der Waals surface area contributed by atoms with Crippen molar-refractivity contribution >= 4 is 34.4 Å². The van der Waals surface area contributed by atoms with Gasteiger partial charge in [-0.1, -0.05) is 41.4 Å². The molecule has 2 aromatic carbocycles. The second-order valence-corrected chi connectivity index (χ2v) is 6.96. The van der Waals surface area contributed by atoms with Crippen LogP contribution in [0.2, 0.25) is 10.0 Å². The highest BCUT2D eigenvalue weighted by Crippen LogP contribution is 2.21. The summed E-state index contributed by atoms with van der Waals surface area (Å²) in [7, 11) is 0. The van der Waals surface area contributed by atoms with Crippen molar-refractivity contribution in [3.63, 3.8) is 0 Å². The van der Waals surface area contributed by atoms with Crippen molar-refractivity contribution in [2.24, 2.45) is 0 Å². The van der Waals surface area contributed by atoms with E-state index in [1.807, 2.05) is 35.8 Å². The first kappa shape index (κ1) is 17.8. The highest BCUT2D eigenvalue weighted by Gasteiger charge is 2.17. The van der Waals surface area contributed by atoms with Gasteiger partial charge in [-0.3, -0.25) is 9.36 Å². The molecule has 136 valence electrons. The Bertz CT molecular complexity index is 1180. The van der Waals surface area contributed by atoms with Crippen molar-refractivity contribution in [2.75, 3.05) is 0 Å². The Morgan fingerprint density at radius 3 is 2.48 bits per heavy atom. The van der Waals surface area contributed by atoms with Crippen molar-refractivity contribution < 1.29 is 0 Å². The number of benzene rings is 2. The molecule has 0 aliphatic carbocycles. The lowest BCUT2D eigenvalue weighted by molar-refractivity contribution is 0.765. The van der Waals surface area contributed by atoms with Gasteiger partial charge >= 0.3 is 0 Å². The molecular formula is C20H16Cl2N4O. The van der Waals surface area contributed by atoms with Crippen LogP contribution in [0.3, 0.4) is 0 Å². The molecule has 0 unspecified atom stereocenters. The average molecular weight is 399 g/mol. The first-order chi connectivity index (χ1) is 13.1. The van der Waals surface area contributed by atoms with Crippen molar-refractivity contribution in [3.05, 3.63) is 86.6 Å². The molecule has 0 fully saturated rings. The van der Waals surface area contributed by atoms with Crippen LogP contribution in [0.25, 0.3) is 16.9 Å². The number of fused-ring (bicyclic) bond motifs is 1. The van der Waals surface area contributed by atoms with Gasteiger partial charge in [-0.2, -0.15) is 0 Å². The number of hydrogen-bond donors (Lipinski definition) is 0. The minimum absolute atomic E-state index is 0.212. The maximum Gasteiger partial charge on any atom is 0.286 e. The molecule has 0 saturated carbocycles. The zero-order valence-electron chi connectivity index (χ0n) is 14.6. The summed E-state index contributed by atoms with van der Waals surface area (Å²) in [5.74, 6) is 0.595. The van der Waals surface area contributed by atoms with Gasteiger partial charge in [0.25, 0.3) is 5.56 Å². The van der Waals surface area contributed by atoms with Gasteiger partial charge in [0.05, 0.1) is 12.0 Å². The molecule has 0 aliphatic heterocycles. The molecule has 2 heterocycles. The number of aromatic nitrogens is 4. The highest BCUT2D eigenvalue weighted by atomic mass is 35.5. The van der Waals surface area contributed by atoms with Crippen LogP contribution in [0, 0.1) is 0 Å². The van der Waals surface area contributed by atoms with E-state index in [-0.39, 0.29) is 5.56 Å². The molecule has 0 spiro atoms. The van der Waals surface area contributed by atoms with Gasteiger partial charge in [0.15, 0.2) is 11.2 Å². The molecule has 0 amide bonds. The standard InChI is InChI=1S/C20H16Cl2N4O/c1-2-25-12-23-18-19(25)24-17(11-13-5-3-4-6-16(13)22)26(20(18)27)15-9-7-14(21)8-10-15/h3-10,12H,2,11H2,1H3. The van der Waals surface area contributed by atoms with Gasteiger partial charge in [-0.25, -0.2) is 9.97 Å². The van der Waals surface area contributed by atoms with Gasteiger partial charge in [0.2, 0.25) is 0 Å². The van der Waals surface area contributed by atoms with Gasteiger partial charge in [0.1, 0.15) is 5.82 Å². The highest BCUT2D eigenvalue weighted by molar-refractivity contribution is 6.31. The number of nitrogens with zero attached hydrogens (tertiary/aromatic N) is 4. The fraction of sp³-hybridized carbons (Fsp3) is 0.150. The second kappa shape index (κ2) is 7.18. The van der Waals surface area contributed by atoms with Gasteiger partial charge < -0.3 is 4.57 Å². The topological polar surface area (TPSA) is 52.7 Å².